The van der Waals surface area contributed by atoms with Gasteiger partial charge in [-0.05, 0) is 41.8 Å². The van der Waals surface area contributed by atoms with Crippen molar-refractivity contribution in [2.45, 2.75) is 13.0 Å². The van der Waals surface area contributed by atoms with Crippen molar-refractivity contribution in [1.29, 1.82) is 0 Å². The number of urea groups is 1. The van der Waals surface area contributed by atoms with Crippen LogP contribution in [0.3, 0.4) is 0 Å². The third-order valence-corrected chi connectivity index (χ3v) is 3.73. The Bertz CT molecular complexity index is 800. The van der Waals surface area contributed by atoms with E-state index in [1.54, 1.807) is 6.08 Å². The summed E-state index contributed by atoms with van der Waals surface area (Å²) in [7, 11) is 0. The maximum absolute atomic E-state index is 11.5. The molecule has 0 aromatic heterocycles. The fraction of sp³-hybridized carbons (Fsp3) is 0.111. The average Bonchev–Trinajstić information content (AvgIpc) is 2.90. The van der Waals surface area contributed by atoms with Gasteiger partial charge in [0.1, 0.15) is 18.1 Å². The van der Waals surface area contributed by atoms with Crippen LogP contribution in [0.25, 0.3) is 0 Å². The van der Waals surface area contributed by atoms with Crippen molar-refractivity contribution in [3.8, 4) is 5.75 Å². The van der Waals surface area contributed by atoms with Crippen molar-refractivity contribution in [3.05, 3.63) is 76.5 Å². The predicted molar refractivity (Wildman–Crippen MR) is 90.7 cm³/mol. The molecule has 2 aromatic rings. The lowest BCUT2D eigenvalue weighted by Gasteiger charge is -2.08. The molecule has 1 aliphatic rings. The van der Waals surface area contributed by atoms with Crippen LogP contribution in [0.5, 0.6) is 5.75 Å². The minimum atomic E-state index is -0.494. The van der Waals surface area contributed by atoms with Crippen molar-refractivity contribution in [2.24, 2.45) is 0 Å². The molecule has 1 aliphatic heterocycles. The number of hydrogen-bond donors (Lipinski definition) is 2. The minimum Gasteiger partial charge on any atom is -0.489 e. The first-order valence-electron chi connectivity index (χ1n) is 7.39. The average molecular weight is 343 g/mol. The van der Waals surface area contributed by atoms with Gasteiger partial charge in [0, 0.05) is 5.02 Å². The van der Waals surface area contributed by atoms with E-state index in [4.69, 9.17) is 16.3 Å². The molecular weight excluding hydrogens is 328 g/mol. The van der Waals surface area contributed by atoms with Crippen LogP contribution in [-0.4, -0.2) is 11.9 Å². The van der Waals surface area contributed by atoms with E-state index in [9.17, 15) is 9.59 Å². The summed E-state index contributed by atoms with van der Waals surface area (Å²) in [6.45, 7) is 0.445. The number of benzene rings is 2. The van der Waals surface area contributed by atoms with E-state index in [2.05, 4.69) is 10.6 Å². The van der Waals surface area contributed by atoms with Crippen molar-refractivity contribution in [1.82, 2.24) is 10.6 Å². The van der Waals surface area contributed by atoms with Crippen LogP contribution in [0, 0.1) is 0 Å². The molecule has 0 aliphatic carbocycles. The number of carbonyl (C=O) groups is 2. The Morgan fingerprint density at radius 3 is 2.50 bits per heavy atom. The van der Waals surface area contributed by atoms with Crippen LogP contribution in [0.1, 0.15) is 11.1 Å². The zero-order chi connectivity index (χ0) is 16.9. The molecule has 2 aromatic carbocycles. The largest absolute Gasteiger partial charge is 0.489 e. The molecule has 2 N–H and O–H groups in total. The number of carbonyl (C=O) groups excluding carboxylic acids is 2. The summed E-state index contributed by atoms with van der Waals surface area (Å²) in [4.78, 5) is 22.5. The minimum absolute atomic E-state index is 0.271. The number of ether oxygens (including phenoxy) is 1. The van der Waals surface area contributed by atoms with Gasteiger partial charge in [-0.15, -0.1) is 0 Å². The van der Waals surface area contributed by atoms with E-state index in [1.807, 2.05) is 48.5 Å². The summed E-state index contributed by atoms with van der Waals surface area (Å²) in [6.07, 6.45) is 2.19. The highest BCUT2D eigenvalue weighted by molar-refractivity contribution is 6.30. The van der Waals surface area contributed by atoms with Gasteiger partial charge < -0.3 is 10.1 Å². The maximum atomic E-state index is 11.5. The van der Waals surface area contributed by atoms with Crippen LogP contribution >= 0.6 is 11.6 Å². The van der Waals surface area contributed by atoms with Crippen LogP contribution in [0.2, 0.25) is 5.02 Å². The van der Waals surface area contributed by atoms with E-state index < -0.39 is 11.9 Å². The number of hydrogen-bond acceptors (Lipinski definition) is 3. The molecule has 122 valence electrons. The fourth-order valence-corrected chi connectivity index (χ4v) is 2.38. The summed E-state index contributed by atoms with van der Waals surface area (Å²) >= 11 is 5.86. The summed E-state index contributed by atoms with van der Waals surface area (Å²) in [5, 5.41) is 5.32. The molecule has 0 unspecified atom stereocenters. The van der Waals surface area contributed by atoms with Gasteiger partial charge in [-0.2, -0.15) is 0 Å². The van der Waals surface area contributed by atoms with Crippen molar-refractivity contribution in [2.75, 3.05) is 0 Å². The lowest BCUT2D eigenvalue weighted by atomic mass is 10.1. The normalized spacial score (nSPS) is 15.3. The Balaban J connectivity index is 1.61. The molecular formula is C18H15ClN2O3. The molecule has 1 saturated heterocycles. The maximum Gasteiger partial charge on any atom is 0.326 e. The summed E-state index contributed by atoms with van der Waals surface area (Å²) < 4.78 is 5.77. The summed E-state index contributed by atoms with van der Waals surface area (Å²) in [6, 6.07) is 14.6. The van der Waals surface area contributed by atoms with Gasteiger partial charge in [-0.25, -0.2) is 4.79 Å². The number of rotatable bonds is 5. The van der Waals surface area contributed by atoms with Gasteiger partial charge in [0.05, 0.1) is 0 Å². The summed E-state index contributed by atoms with van der Waals surface area (Å²) in [5.41, 5.74) is 2.27. The first-order valence-corrected chi connectivity index (χ1v) is 7.76. The van der Waals surface area contributed by atoms with Crippen LogP contribution in [0.4, 0.5) is 4.79 Å². The van der Waals surface area contributed by atoms with E-state index in [0.29, 0.717) is 18.1 Å². The zero-order valence-electron chi connectivity index (χ0n) is 12.7. The Kier molecular flexibility index (Phi) is 4.82. The number of amides is 3. The number of allylic oxidation sites excluding steroid dienone is 1. The van der Waals surface area contributed by atoms with Gasteiger partial charge in [0.25, 0.3) is 5.91 Å². The van der Waals surface area contributed by atoms with Gasteiger partial charge in [-0.1, -0.05) is 41.9 Å². The SMILES string of the molecule is O=C1NC(=O)C(=CCc2cccc(OCc3ccc(Cl)cc3)c2)N1. The molecule has 0 bridgehead atoms. The third-order valence-electron chi connectivity index (χ3n) is 3.48. The molecule has 1 fully saturated rings. The fourth-order valence-electron chi connectivity index (χ4n) is 2.25. The molecule has 0 radical (unpaired) electrons. The predicted octanol–water partition coefficient (Wildman–Crippen LogP) is 3.18. The van der Waals surface area contributed by atoms with Crippen molar-refractivity contribution >= 4 is 23.5 Å². The Morgan fingerprint density at radius 2 is 1.79 bits per heavy atom. The number of nitrogens with one attached hydrogen (secondary N) is 2. The van der Waals surface area contributed by atoms with Gasteiger partial charge in [-0.3, -0.25) is 10.1 Å². The molecule has 3 amide bonds. The van der Waals surface area contributed by atoms with E-state index >= 15 is 0 Å². The molecule has 0 atom stereocenters. The monoisotopic (exact) mass is 342 g/mol. The third kappa shape index (κ3) is 4.14. The Labute approximate surface area is 144 Å². The highest BCUT2D eigenvalue weighted by Gasteiger charge is 2.22. The van der Waals surface area contributed by atoms with E-state index in [0.717, 1.165) is 16.9 Å². The second-order valence-electron chi connectivity index (χ2n) is 5.29. The Morgan fingerprint density at radius 1 is 1.00 bits per heavy atom. The van der Waals surface area contributed by atoms with E-state index in [-0.39, 0.29) is 5.70 Å². The number of imide groups is 1. The molecule has 3 rings (SSSR count). The van der Waals surface area contributed by atoms with Crippen molar-refractivity contribution < 1.29 is 14.3 Å². The van der Waals surface area contributed by atoms with Crippen molar-refractivity contribution in [3.63, 3.8) is 0 Å². The molecule has 1 heterocycles. The van der Waals surface area contributed by atoms with Crippen LogP contribution < -0.4 is 15.4 Å². The van der Waals surface area contributed by atoms with Crippen LogP contribution in [-0.2, 0) is 17.8 Å². The lowest BCUT2D eigenvalue weighted by Crippen LogP contribution is -2.22. The quantitative estimate of drug-likeness (QED) is 0.647. The highest BCUT2D eigenvalue weighted by atomic mass is 35.5. The Hall–Kier alpha value is -2.79. The van der Waals surface area contributed by atoms with Gasteiger partial charge in [0.15, 0.2) is 0 Å². The standard InChI is InChI=1S/C18H15ClN2O3/c19-14-7-4-13(5-8-14)11-24-15-3-1-2-12(10-15)6-9-16-17(22)21-18(23)20-16/h1-5,7-10H,6,11H2,(H2,20,21,22,23). The molecule has 6 heteroatoms. The molecule has 0 spiro atoms. The van der Waals surface area contributed by atoms with Gasteiger partial charge in [0.2, 0.25) is 0 Å². The second-order valence-corrected chi connectivity index (χ2v) is 5.73. The second kappa shape index (κ2) is 7.19. The topological polar surface area (TPSA) is 67.4 Å². The van der Waals surface area contributed by atoms with Crippen LogP contribution in [0.15, 0.2) is 60.3 Å². The smallest absolute Gasteiger partial charge is 0.326 e. The van der Waals surface area contributed by atoms with E-state index in [1.165, 1.54) is 0 Å². The zero-order valence-corrected chi connectivity index (χ0v) is 13.5. The lowest BCUT2D eigenvalue weighted by molar-refractivity contribution is -0.115. The first-order chi connectivity index (χ1) is 11.6. The number of halogens is 1. The summed E-state index contributed by atoms with van der Waals surface area (Å²) in [5.74, 6) is 0.330. The van der Waals surface area contributed by atoms with Gasteiger partial charge >= 0.3 is 6.03 Å². The molecule has 24 heavy (non-hydrogen) atoms. The first kappa shape index (κ1) is 16.1. The molecule has 5 nitrogen and oxygen atoms in total. The molecule has 0 saturated carbocycles. The highest BCUT2D eigenvalue weighted by Crippen LogP contribution is 2.17.